The summed E-state index contributed by atoms with van der Waals surface area (Å²) in [4.78, 5) is 11.6. The van der Waals surface area contributed by atoms with Gasteiger partial charge in [0.2, 0.25) is 5.91 Å². The van der Waals surface area contributed by atoms with Gasteiger partial charge in [0.05, 0.1) is 6.42 Å². The number of rotatable bonds is 3. The molecule has 0 aliphatic carbocycles. The van der Waals surface area contributed by atoms with Crippen LogP contribution in [-0.2, 0) is 18.3 Å². The van der Waals surface area contributed by atoms with Crippen molar-refractivity contribution in [3.05, 3.63) is 48.2 Å². The molecule has 4 nitrogen and oxygen atoms in total. The summed E-state index contributed by atoms with van der Waals surface area (Å²) in [5.41, 5.74) is 0.996. The third kappa shape index (κ3) is 2.70. The molecule has 0 atom stereocenters. The number of aryl methyl sites for hydroxylation is 1. The van der Waals surface area contributed by atoms with Crippen LogP contribution in [0.1, 0.15) is 5.56 Å². The monoisotopic (exact) mass is 215 g/mol. The summed E-state index contributed by atoms with van der Waals surface area (Å²) in [5, 5.41) is 6.82. The molecule has 0 radical (unpaired) electrons. The van der Waals surface area contributed by atoms with Gasteiger partial charge in [0.1, 0.15) is 0 Å². The van der Waals surface area contributed by atoms with Crippen LogP contribution in [0.4, 0.5) is 5.82 Å². The molecular weight excluding hydrogens is 202 g/mol. The molecule has 0 saturated carbocycles. The molecule has 0 fully saturated rings. The molecule has 2 rings (SSSR count). The molecule has 0 saturated heterocycles. The number of aromatic nitrogens is 2. The third-order valence-electron chi connectivity index (χ3n) is 2.19. The number of nitrogens with zero attached hydrogens (tertiary/aromatic N) is 2. The van der Waals surface area contributed by atoms with Gasteiger partial charge < -0.3 is 5.32 Å². The van der Waals surface area contributed by atoms with Crippen molar-refractivity contribution in [3.63, 3.8) is 0 Å². The van der Waals surface area contributed by atoms with E-state index in [-0.39, 0.29) is 5.91 Å². The van der Waals surface area contributed by atoms with Crippen LogP contribution in [-0.4, -0.2) is 15.7 Å². The predicted octanol–water partition coefficient (Wildman–Crippen LogP) is 1.60. The highest BCUT2D eigenvalue weighted by molar-refractivity contribution is 5.91. The summed E-state index contributed by atoms with van der Waals surface area (Å²) in [6.07, 6.45) is 2.16. The highest BCUT2D eigenvalue weighted by Gasteiger charge is 2.04. The van der Waals surface area contributed by atoms with E-state index in [0.717, 1.165) is 5.56 Å². The van der Waals surface area contributed by atoms with Crippen LogP contribution in [0.15, 0.2) is 42.6 Å². The first-order chi connectivity index (χ1) is 7.74. The molecule has 0 bridgehead atoms. The maximum atomic E-state index is 11.6. The molecule has 0 aliphatic rings. The summed E-state index contributed by atoms with van der Waals surface area (Å²) in [6.45, 7) is 0. The Hall–Kier alpha value is -2.10. The fraction of sp³-hybridized carbons (Fsp3) is 0.167. The van der Waals surface area contributed by atoms with Crippen molar-refractivity contribution < 1.29 is 4.79 Å². The van der Waals surface area contributed by atoms with Gasteiger partial charge in [-0.25, -0.2) is 0 Å². The van der Waals surface area contributed by atoms with E-state index < -0.39 is 0 Å². The lowest BCUT2D eigenvalue weighted by Gasteiger charge is -2.01. The van der Waals surface area contributed by atoms with Crippen molar-refractivity contribution in [3.8, 4) is 0 Å². The van der Waals surface area contributed by atoms with E-state index in [1.807, 2.05) is 37.4 Å². The van der Waals surface area contributed by atoms with Crippen LogP contribution in [0.2, 0.25) is 0 Å². The average Bonchev–Trinajstić information content (AvgIpc) is 2.65. The Labute approximate surface area is 93.9 Å². The molecule has 4 heteroatoms. The molecule has 82 valence electrons. The number of anilines is 1. The minimum absolute atomic E-state index is 0.0510. The van der Waals surface area contributed by atoms with E-state index in [0.29, 0.717) is 12.2 Å². The zero-order valence-corrected chi connectivity index (χ0v) is 9.05. The Bertz CT molecular complexity index is 476. The normalized spacial score (nSPS) is 10.1. The number of carbonyl (C=O) groups excluding carboxylic acids is 1. The van der Waals surface area contributed by atoms with Gasteiger partial charge in [-0.2, -0.15) is 5.10 Å². The number of benzene rings is 1. The molecule has 1 heterocycles. The molecule has 0 unspecified atom stereocenters. The number of amides is 1. The van der Waals surface area contributed by atoms with Crippen LogP contribution < -0.4 is 5.32 Å². The van der Waals surface area contributed by atoms with Crippen molar-refractivity contribution in [2.24, 2.45) is 7.05 Å². The fourth-order valence-corrected chi connectivity index (χ4v) is 1.45. The lowest BCUT2D eigenvalue weighted by molar-refractivity contribution is -0.115. The number of hydrogen-bond acceptors (Lipinski definition) is 2. The topological polar surface area (TPSA) is 46.9 Å². The van der Waals surface area contributed by atoms with E-state index in [4.69, 9.17) is 0 Å². The van der Waals surface area contributed by atoms with Gasteiger partial charge in [0.25, 0.3) is 0 Å². The van der Waals surface area contributed by atoms with Crippen LogP contribution in [0, 0.1) is 0 Å². The summed E-state index contributed by atoms with van der Waals surface area (Å²) in [5.74, 6) is 0.535. The Kier molecular flexibility index (Phi) is 3.00. The SMILES string of the molecule is Cn1ccc(NC(=O)Cc2ccccc2)n1. The first-order valence-electron chi connectivity index (χ1n) is 5.07. The molecule has 0 spiro atoms. The Morgan fingerprint density at radius 3 is 2.69 bits per heavy atom. The average molecular weight is 215 g/mol. The zero-order valence-electron chi connectivity index (χ0n) is 9.05. The van der Waals surface area contributed by atoms with Gasteiger partial charge in [0, 0.05) is 19.3 Å². The van der Waals surface area contributed by atoms with Crippen LogP contribution >= 0.6 is 0 Å². The molecule has 0 aliphatic heterocycles. The standard InChI is InChI=1S/C12H13N3O/c1-15-8-7-11(14-15)13-12(16)9-10-5-3-2-4-6-10/h2-8H,9H2,1H3,(H,13,14,16). The Balaban J connectivity index is 1.95. The van der Waals surface area contributed by atoms with E-state index in [1.54, 1.807) is 16.9 Å². The number of hydrogen-bond donors (Lipinski definition) is 1. The Morgan fingerprint density at radius 1 is 1.31 bits per heavy atom. The maximum absolute atomic E-state index is 11.6. The molecular formula is C12H13N3O. The lowest BCUT2D eigenvalue weighted by atomic mass is 10.1. The van der Waals surface area contributed by atoms with Crippen LogP contribution in [0.5, 0.6) is 0 Å². The number of nitrogens with one attached hydrogen (secondary N) is 1. The highest BCUT2D eigenvalue weighted by Crippen LogP contribution is 2.04. The molecule has 1 aromatic carbocycles. The van der Waals surface area contributed by atoms with Crippen molar-refractivity contribution in [1.82, 2.24) is 9.78 Å². The van der Waals surface area contributed by atoms with Gasteiger partial charge in [-0.1, -0.05) is 30.3 Å². The van der Waals surface area contributed by atoms with E-state index in [1.165, 1.54) is 0 Å². The van der Waals surface area contributed by atoms with Gasteiger partial charge >= 0.3 is 0 Å². The quantitative estimate of drug-likeness (QED) is 0.845. The van der Waals surface area contributed by atoms with Crippen molar-refractivity contribution in [1.29, 1.82) is 0 Å². The number of carbonyl (C=O) groups is 1. The van der Waals surface area contributed by atoms with E-state index >= 15 is 0 Å². The summed E-state index contributed by atoms with van der Waals surface area (Å²) < 4.78 is 1.65. The largest absolute Gasteiger partial charge is 0.309 e. The van der Waals surface area contributed by atoms with Crippen molar-refractivity contribution in [2.75, 3.05) is 5.32 Å². The van der Waals surface area contributed by atoms with Crippen LogP contribution in [0.3, 0.4) is 0 Å². The molecule has 1 N–H and O–H groups in total. The molecule has 16 heavy (non-hydrogen) atoms. The molecule has 1 amide bonds. The minimum atomic E-state index is -0.0510. The molecule has 1 aromatic heterocycles. The van der Waals surface area contributed by atoms with Gasteiger partial charge in [-0.3, -0.25) is 9.48 Å². The Morgan fingerprint density at radius 2 is 2.06 bits per heavy atom. The van der Waals surface area contributed by atoms with E-state index in [2.05, 4.69) is 10.4 Å². The maximum Gasteiger partial charge on any atom is 0.229 e. The van der Waals surface area contributed by atoms with Gasteiger partial charge in [-0.05, 0) is 5.56 Å². The highest BCUT2D eigenvalue weighted by atomic mass is 16.1. The van der Waals surface area contributed by atoms with E-state index in [9.17, 15) is 4.79 Å². The van der Waals surface area contributed by atoms with Crippen LogP contribution in [0.25, 0.3) is 0 Å². The second-order valence-corrected chi connectivity index (χ2v) is 3.59. The lowest BCUT2D eigenvalue weighted by Crippen LogP contribution is -2.14. The van der Waals surface area contributed by atoms with Crippen molar-refractivity contribution in [2.45, 2.75) is 6.42 Å². The fourth-order valence-electron chi connectivity index (χ4n) is 1.45. The first kappa shape index (κ1) is 10.4. The minimum Gasteiger partial charge on any atom is -0.309 e. The van der Waals surface area contributed by atoms with Gasteiger partial charge in [0.15, 0.2) is 5.82 Å². The second kappa shape index (κ2) is 4.61. The summed E-state index contributed by atoms with van der Waals surface area (Å²) >= 11 is 0. The smallest absolute Gasteiger partial charge is 0.229 e. The van der Waals surface area contributed by atoms with Gasteiger partial charge in [-0.15, -0.1) is 0 Å². The first-order valence-corrected chi connectivity index (χ1v) is 5.07. The third-order valence-corrected chi connectivity index (χ3v) is 2.19. The second-order valence-electron chi connectivity index (χ2n) is 3.59. The summed E-state index contributed by atoms with van der Waals surface area (Å²) in [7, 11) is 1.81. The zero-order chi connectivity index (χ0) is 11.4. The summed E-state index contributed by atoms with van der Waals surface area (Å²) in [6, 6.07) is 11.4. The van der Waals surface area contributed by atoms with Crippen molar-refractivity contribution >= 4 is 11.7 Å². The molecule has 2 aromatic rings. The predicted molar refractivity (Wildman–Crippen MR) is 62.0 cm³/mol.